The minimum Gasteiger partial charge on any atom is -0.249 e. The highest BCUT2D eigenvalue weighted by Crippen LogP contribution is 2.15. The maximum absolute atomic E-state index is 4.05. The topological polar surface area (TPSA) is 12.9 Å². The van der Waals surface area contributed by atoms with E-state index in [1.807, 2.05) is 11.6 Å². The van der Waals surface area contributed by atoms with Crippen molar-refractivity contribution >= 4 is 33.8 Å². The van der Waals surface area contributed by atoms with Crippen LogP contribution in [0.25, 0.3) is 0 Å². The first kappa shape index (κ1) is 6.45. The minimum absolute atomic E-state index is 0.917. The number of thiol groups is 1. The SMILES string of the molecule is SSCc1nccs1. The van der Waals surface area contributed by atoms with Gasteiger partial charge in [-0.15, -0.1) is 23.0 Å². The average Bonchev–Trinajstić information content (AvgIpc) is 2.19. The lowest BCUT2D eigenvalue weighted by Crippen LogP contribution is -1.70. The van der Waals surface area contributed by atoms with Crippen LogP contribution in [0.4, 0.5) is 0 Å². The zero-order valence-corrected chi connectivity index (χ0v) is 6.60. The van der Waals surface area contributed by atoms with Gasteiger partial charge in [0, 0.05) is 11.6 Å². The van der Waals surface area contributed by atoms with Crippen molar-refractivity contribution in [3.05, 3.63) is 16.6 Å². The average molecular weight is 163 g/mol. The molecule has 1 aromatic rings. The fraction of sp³-hybridized carbons (Fsp3) is 0.250. The standard InChI is InChI=1S/C4H5NS3/c6-8-3-4-5-1-2-7-4/h1-2,6H,3H2. The van der Waals surface area contributed by atoms with Gasteiger partial charge in [-0.05, 0) is 0 Å². The summed E-state index contributed by atoms with van der Waals surface area (Å²) in [6.45, 7) is 0. The minimum atomic E-state index is 0.917. The molecule has 0 aliphatic rings. The van der Waals surface area contributed by atoms with Crippen molar-refractivity contribution < 1.29 is 0 Å². The molecular weight excluding hydrogens is 158 g/mol. The Morgan fingerprint density at radius 3 is 3.25 bits per heavy atom. The number of nitrogens with zero attached hydrogens (tertiary/aromatic N) is 1. The van der Waals surface area contributed by atoms with E-state index < -0.39 is 0 Å². The summed E-state index contributed by atoms with van der Waals surface area (Å²) in [6.07, 6.45) is 1.81. The molecule has 0 unspecified atom stereocenters. The zero-order chi connectivity index (χ0) is 5.82. The van der Waals surface area contributed by atoms with E-state index in [-0.39, 0.29) is 0 Å². The monoisotopic (exact) mass is 163 g/mol. The van der Waals surface area contributed by atoms with Gasteiger partial charge in [0.2, 0.25) is 0 Å². The maximum atomic E-state index is 4.05. The molecule has 44 valence electrons. The van der Waals surface area contributed by atoms with Gasteiger partial charge in [-0.1, -0.05) is 10.8 Å². The summed E-state index contributed by atoms with van der Waals surface area (Å²) in [5, 5.41) is 3.12. The molecule has 1 heterocycles. The molecule has 1 rings (SSSR count). The number of aromatic nitrogens is 1. The van der Waals surface area contributed by atoms with Gasteiger partial charge in [-0.25, -0.2) is 4.98 Å². The number of hydrogen-bond acceptors (Lipinski definition) is 4. The van der Waals surface area contributed by atoms with E-state index in [0.717, 1.165) is 10.8 Å². The van der Waals surface area contributed by atoms with E-state index in [1.165, 1.54) is 10.8 Å². The Hall–Kier alpha value is 0.330. The van der Waals surface area contributed by atoms with E-state index in [1.54, 1.807) is 11.3 Å². The lowest BCUT2D eigenvalue weighted by atomic mass is 10.8. The van der Waals surface area contributed by atoms with Crippen LogP contribution in [0.5, 0.6) is 0 Å². The lowest BCUT2D eigenvalue weighted by Gasteiger charge is -1.83. The van der Waals surface area contributed by atoms with E-state index in [0.29, 0.717) is 0 Å². The van der Waals surface area contributed by atoms with Crippen LogP contribution >= 0.6 is 33.8 Å². The molecular formula is C4H5NS3. The molecule has 0 fully saturated rings. The predicted octanol–water partition coefficient (Wildman–Crippen LogP) is 2.22. The van der Waals surface area contributed by atoms with Crippen molar-refractivity contribution in [3.63, 3.8) is 0 Å². The Kier molecular flexibility index (Phi) is 2.72. The molecule has 1 nitrogen and oxygen atoms in total. The first-order valence-corrected chi connectivity index (χ1v) is 5.00. The molecule has 0 amide bonds. The van der Waals surface area contributed by atoms with Gasteiger partial charge in [0.1, 0.15) is 5.01 Å². The summed E-state index contributed by atoms with van der Waals surface area (Å²) in [5.41, 5.74) is 0. The second-order valence-electron chi connectivity index (χ2n) is 1.20. The van der Waals surface area contributed by atoms with Crippen LogP contribution < -0.4 is 0 Å². The van der Waals surface area contributed by atoms with Gasteiger partial charge in [-0.2, -0.15) is 0 Å². The largest absolute Gasteiger partial charge is 0.249 e. The highest BCUT2D eigenvalue weighted by Gasteiger charge is 1.89. The summed E-state index contributed by atoms with van der Waals surface area (Å²) < 4.78 is 0. The first-order valence-electron chi connectivity index (χ1n) is 2.08. The third-order valence-corrected chi connectivity index (χ3v) is 2.42. The fourth-order valence-corrected chi connectivity index (χ4v) is 2.04. The highest BCUT2D eigenvalue weighted by atomic mass is 33.1. The molecule has 4 heteroatoms. The van der Waals surface area contributed by atoms with Crippen LogP contribution in [0.2, 0.25) is 0 Å². The van der Waals surface area contributed by atoms with E-state index in [2.05, 4.69) is 16.6 Å². The molecule has 0 spiro atoms. The van der Waals surface area contributed by atoms with Crippen LogP contribution in [0.15, 0.2) is 11.6 Å². The van der Waals surface area contributed by atoms with Crippen molar-refractivity contribution in [2.45, 2.75) is 5.75 Å². The Balaban J connectivity index is 2.50. The van der Waals surface area contributed by atoms with Crippen molar-refractivity contribution in [2.75, 3.05) is 0 Å². The normalized spacial score (nSPS) is 9.62. The maximum Gasteiger partial charge on any atom is 0.103 e. The van der Waals surface area contributed by atoms with Crippen LogP contribution in [-0.4, -0.2) is 4.98 Å². The van der Waals surface area contributed by atoms with Gasteiger partial charge in [0.25, 0.3) is 0 Å². The van der Waals surface area contributed by atoms with Crippen LogP contribution in [0.3, 0.4) is 0 Å². The molecule has 0 N–H and O–H groups in total. The summed E-state index contributed by atoms with van der Waals surface area (Å²) in [4.78, 5) is 4.05. The molecule has 0 saturated heterocycles. The van der Waals surface area contributed by atoms with Gasteiger partial charge < -0.3 is 0 Å². The van der Waals surface area contributed by atoms with Crippen molar-refractivity contribution in [1.82, 2.24) is 4.98 Å². The second-order valence-corrected chi connectivity index (χ2v) is 3.50. The molecule has 0 aliphatic carbocycles. The van der Waals surface area contributed by atoms with Gasteiger partial charge in [0.15, 0.2) is 0 Å². The molecule has 0 aromatic carbocycles. The third kappa shape index (κ3) is 1.69. The van der Waals surface area contributed by atoms with Gasteiger partial charge in [-0.3, -0.25) is 0 Å². The van der Waals surface area contributed by atoms with Crippen molar-refractivity contribution in [1.29, 1.82) is 0 Å². The number of rotatable bonds is 2. The summed E-state index contributed by atoms with van der Waals surface area (Å²) in [6, 6.07) is 0. The number of hydrogen-bond donors (Lipinski definition) is 1. The van der Waals surface area contributed by atoms with Gasteiger partial charge in [0.05, 0.1) is 5.75 Å². The Labute approximate surface area is 61.3 Å². The summed E-state index contributed by atoms with van der Waals surface area (Å²) >= 11 is 5.66. The van der Waals surface area contributed by atoms with Crippen LogP contribution in [0.1, 0.15) is 5.01 Å². The van der Waals surface area contributed by atoms with Crippen LogP contribution in [0, 0.1) is 0 Å². The first-order chi connectivity index (χ1) is 3.93. The predicted molar refractivity (Wildman–Crippen MR) is 42.4 cm³/mol. The van der Waals surface area contributed by atoms with Crippen LogP contribution in [-0.2, 0) is 5.75 Å². The molecule has 0 radical (unpaired) electrons. The number of thiazole rings is 1. The quantitative estimate of drug-likeness (QED) is 0.530. The Bertz CT molecular complexity index is 137. The smallest absolute Gasteiger partial charge is 0.103 e. The molecule has 0 bridgehead atoms. The summed E-state index contributed by atoms with van der Waals surface area (Å²) in [7, 11) is 1.50. The molecule has 1 aromatic heterocycles. The third-order valence-electron chi connectivity index (χ3n) is 0.671. The molecule has 0 atom stereocenters. The van der Waals surface area contributed by atoms with Gasteiger partial charge >= 0.3 is 0 Å². The summed E-state index contributed by atoms with van der Waals surface area (Å²) in [5.74, 6) is 0.917. The highest BCUT2D eigenvalue weighted by molar-refractivity contribution is 8.68. The fourth-order valence-electron chi connectivity index (χ4n) is 0.379. The van der Waals surface area contributed by atoms with E-state index in [4.69, 9.17) is 0 Å². The molecule has 8 heavy (non-hydrogen) atoms. The second kappa shape index (κ2) is 3.37. The Morgan fingerprint density at radius 2 is 2.75 bits per heavy atom. The molecule has 0 aliphatic heterocycles. The zero-order valence-electron chi connectivity index (χ0n) is 4.07. The van der Waals surface area contributed by atoms with Crippen molar-refractivity contribution in [2.24, 2.45) is 0 Å². The molecule has 0 saturated carbocycles. The Morgan fingerprint density at radius 1 is 1.88 bits per heavy atom. The van der Waals surface area contributed by atoms with E-state index >= 15 is 0 Å². The van der Waals surface area contributed by atoms with E-state index in [9.17, 15) is 0 Å². The van der Waals surface area contributed by atoms with Crippen molar-refractivity contribution in [3.8, 4) is 0 Å². The lowest BCUT2D eigenvalue weighted by molar-refractivity contribution is 1.27.